The van der Waals surface area contributed by atoms with E-state index in [1.807, 2.05) is 91.9 Å². The van der Waals surface area contributed by atoms with E-state index < -0.39 is 29.9 Å². The van der Waals surface area contributed by atoms with Crippen molar-refractivity contribution in [3.8, 4) is 0 Å². The fourth-order valence-corrected chi connectivity index (χ4v) is 6.35. The Balaban J connectivity index is 1.47. The zero-order valence-electron chi connectivity index (χ0n) is 27.8. The van der Waals surface area contributed by atoms with Gasteiger partial charge in [-0.2, -0.15) is 0 Å². The molecule has 0 spiro atoms. The van der Waals surface area contributed by atoms with E-state index >= 15 is 0 Å². The molecule has 12 heteroatoms. The molecule has 0 saturated heterocycles. The molecule has 49 heavy (non-hydrogen) atoms. The van der Waals surface area contributed by atoms with E-state index in [2.05, 4.69) is 25.9 Å². The number of carbonyl (C=O) groups excluding carboxylic acids is 4. The number of hydrogen-bond acceptors (Lipinski definition) is 7. The molecule has 0 bridgehead atoms. The van der Waals surface area contributed by atoms with Crippen molar-refractivity contribution in [3.05, 3.63) is 101 Å². The van der Waals surface area contributed by atoms with Crippen LogP contribution in [0.15, 0.2) is 89.9 Å². The average Bonchev–Trinajstić information content (AvgIpc) is 3.55. The first kappa shape index (κ1) is 36.7. The molecule has 3 atom stereocenters. The van der Waals surface area contributed by atoms with Crippen molar-refractivity contribution in [2.45, 2.75) is 76.4 Å². The van der Waals surface area contributed by atoms with E-state index in [0.29, 0.717) is 44.0 Å². The summed E-state index contributed by atoms with van der Waals surface area (Å²) in [6.45, 7) is 2.19. The number of nitrogens with zero attached hydrogens (tertiary/aromatic N) is 2. The predicted molar refractivity (Wildman–Crippen MR) is 194 cm³/mol. The number of Topliss-reactive ketones (excluding diaryl/α,β-unsaturated/α-hetero) is 1. The number of nitrogens with one attached hydrogen (secondary N) is 3. The summed E-state index contributed by atoms with van der Waals surface area (Å²) in [5, 5.41) is 8.94. The first-order chi connectivity index (χ1) is 23.7. The number of nitrogens with two attached hydrogens (primary N) is 2. The van der Waals surface area contributed by atoms with Crippen LogP contribution in [0, 0.1) is 0 Å². The zero-order valence-corrected chi connectivity index (χ0v) is 28.6. The van der Waals surface area contributed by atoms with Gasteiger partial charge in [0, 0.05) is 13.0 Å². The molecule has 4 aromatic rings. The number of aromatic nitrogens is 1. The molecule has 0 radical (unpaired) electrons. The second-order valence-corrected chi connectivity index (χ2v) is 12.9. The standard InChI is InChI=1S/C37H45N7O4S/c1-2-12-29(34(47)42-28(18-11-24-40-37(38)39)33(46)36-44-27-17-9-10-19-31(27)49-36)43-35(48)30(22-20-25-13-5-3-6-14-25)41-32(45)23-21-26-15-7-4-8-16-26/h3-10,13-17,19,28-30H,2,11-12,18,20-24H2,1H3,(H,41,45)(H,42,47)(H,43,48)(H4,38,39,40)/t28-,29-,30-/m0/s1. The van der Waals surface area contributed by atoms with E-state index in [1.54, 1.807) is 0 Å². The lowest BCUT2D eigenvalue weighted by Crippen LogP contribution is -2.55. The lowest BCUT2D eigenvalue weighted by Gasteiger charge is -2.25. The minimum Gasteiger partial charge on any atom is -0.370 e. The van der Waals surface area contributed by atoms with Gasteiger partial charge in [0.25, 0.3) is 0 Å². The SMILES string of the molecule is CCC[C@H](NC(=O)[C@H](CCc1ccccc1)NC(=O)CCc1ccccc1)C(=O)N[C@@H](CCCN=C(N)N)C(=O)c1nc2ccccc2s1. The minimum absolute atomic E-state index is 0.0576. The van der Waals surface area contributed by atoms with Gasteiger partial charge in [-0.1, -0.05) is 86.1 Å². The van der Waals surface area contributed by atoms with E-state index in [1.165, 1.54) is 11.3 Å². The molecule has 4 rings (SSSR count). The second kappa shape index (κ2) is 19.0. The summed E-state index contributed by atoms with van der Waals surface area (Å²) in [6.07, 6.45) is 3.27. The monoisotopic (exact) mass is 683 g/mol. The number of ketones is 1. The summed E-state index contributed by atoms with van der Waals surface area (Å²) in [5.74, 6) is -1.59. The maximum absolute atomic E-state index is 13.8. The highest BCUT2D eigenvalue weighted by Gasteiger charge is 2.30. The molecular weight excluding hydrogens is 639 g/mol. The number of guanidine groups is 1. The van der Waals surface area contributed by atoms with Gasteiger partial charge in [0.05, 0.1) is 16.3 Å². The van der Waals surface area contributed by atoms with Crippen molar-refractivity contribution in [2.24, 2.45) is 16.5 Å². The Kier molecular flexibility index (Phi) is 14.3. The van der Waals surface area contributed by atoms with Gasteiger partial charge in [-0.3, -0.25) is 24.2 Å². The molecular formula is C37H45N7O4S. The quantitative estimate of drug-likeness (QED) is 0.0428. The van der Waals surface area contributed by atoms with Crippen molar-refractivity contribution >= 4 is 51.0 Å². The average molecular weight is 684 g/mol. The predicted octanol–water partition coefficient (Wildman–Crippen LogP) is 4.05. The zero-order chi connectivity index (χ0) is 35.0. The summed E-state index contributed by atoms with van der Waals surface area (Å²) in [5.41, 5.74) is 13.7. The molecule has 0 aliphatic heterocycles. The number of carbonyl (C=O) groups is 4. The Morgan fingerprint density at radius 2 is 1.33 bits per heavy atom. The highest BCUT2D eigenvalue weighted by atomic mass is 32.1. The molecule has 11 nitrogen and oxygen atoms in total. The van der Waals surface area contributed by atoms with Crippen LogP contribution in [0.1, 0.15) is 66.4 Å². The summed E-state index contributed by atoms with van der Waals surface area (Å²) < 4.78 is 0.861. The number of rotatable bonds is 19. The Morgan fingerprint density at radius 3 is 1.96 bits per heavy atom. The number of hydrogen-bond donors (Lipinski definition) is 5. The Bertz CT molecular complexity index is 1670. The summed E-state index contributed by atoms with van der Waals surface area (Å²) in [6, 6.07) is 24.1. The van der Waals surface area contributed by atoms with Gasteiger partial charge in [0.2, 0.25) is 23.5 Å². The molecule has 258 valence electrons. The van der Waals surface area contributed by atoms with E-state index in [4.69, 9.17) is 11.5 Å². The van der Waals surface area contributed by atoms with Gasteiger partial charge >= 0.3 is 0 Å². The highest BCUT2D eigenvalue weighted by Crippen LogP contribution is 2.23. The van der Waals surface area contributed by atoms with E-state index in [9.17, 15) is 19.2 Å². The van der Waals surface area contributed by atoms with E-state index in [-0.39, 0.29) is 42.0 Å². The largest absolute Gasteiger partial charge is 0.370 e. The Labute approximate surface area is 291 Å². The molecule has 3 aromatic carbocycles. The number of amides is 3. The summed E-state index contributed by atoms with van der Waals surface area (Å²) in [7, 11) is 0. The number of benzene rings is 3. The minimum atomic E-state index is -0.929. The lowest BCUT2D eigenvalue weighted by atomic mass is 10.0. The summed E-state index contributed by atoms with van der Waals surface area (Å²) in [4.78, 5) is 62.8. The van der Waals surface area contributed by atoms with Gasteiger partial charge < -0.3 is 27.4 Å². The van der Waals surface area contributed by atoms with Gasteiger partial charge in [0.15, 0.2) is 11.0 Å². The second-order valence-electron chi connectivity index (χ2n) is 11.8. The van der Waals surface area contributed by atoms with Crippen LogP contribution in [0.5, 0.6) is 0 Å². The topological polar surface area (TPSA) is 182 Å². The normalized spacial score (nSPS) is 12.8. The highest BCUT2D eigenvalue weighted by molar-refractivity contribution is 7.20. The smallest absolute Gasteiger partial charge is 0.243 e. The lowest BCUT2D eigenvalue weighted by molar-refractivity contribution is -0.132. The Hall–Kier alpha value is -5.10. The number of fused-ring (bicyclic) bond motifs is 1. The van der Waals surface area contributed by atoms with Gasteiger partial charge in [-0.15, -0.1) is 11.3 Å². The van der Waals surface area contributed by atoms with Crippen molar-refractivity contribution in [3.63, 3.8) is 0 Å². The van der Waals surface area contributed by atoms with Crippen LogP contribution in [0.25, 0.3) is 10.2 Å². The maximum Gasteiger partial charge on any atom is 0.243 e. The van der Waals surface area contributed by atoms with Crippen molar-refractivity contribution < 1.29 is 19.2 Å². The van der Waals surface area contributed by atoms with Crippen LogP contribution in [0.4, 0.5) is 0 Å². The van der Waals surface area contributed by atoms with Crippen LogP contribution in [-0.2, 0) is 27.2 Å². The third kappa shape index (κ3) is 11.8. The van der Waals surface area contributed by atoms with Crippen LogP contribution in [-0.4, -0.2) is 59.1 Å². The fraction of sp³-hybridized carbons (Fsp3) is 0.351. The number of para-hydroxylation sites is 1. The first-order valence-corrected chi connectivity index (χ1v) is 17.5. The molecule has 0 unspecified atom stereocenters. The molecule has 0 aliphatic rings. The summed E-state index contributed by atoms with van der Waals surface area (Å²) >= 11 is 1.26. The first-order valence-electron chi connectivity index (χ1n) is 16.7. The number of aliphatic imine (C=N–C) groups is 1. The van der Waals surface area contributed by atoms with Gasteiger partial charge in [-0.25, -0.2) is 4.98 Å². The van der Waals surface area contributed by atoms with Crippen LogP contribution >= 0.6 is 11.3 Å². The van der Waals surface area contributed by atoms with Gasteiger partial charge in [-0.05, 0) is 61.8 Å². The maximum atomic E-state index is 13.8. The van der Waals surface area contributed by atoms with E-state index in [0.717, 1.165) is 15.8 Å². The molecule has 1 aromatic heterocycles. The Morgan fingerprint density at radius 1 is 0.735 bits per heavy atom. The third-order valence-corrected chi connectivity index (χ3v) is 9.04. The van der Waals surface area contributed by atoms with Crippen molar-refractivity contribution in [1.82, 2.24) is 20.9 Å². The number of aryl methyl sites for hydroxylation is 2. The van der Waals surface area contributed by atoms with Crippen LogP contribution < -0.4 is 27.4 Å². The number of thiazole rings is 1. The van der Waals surface area contributed by atoms with Crippen molar-refractivity contribution in [2.75, 3.05) is 6.54 Å². The van der Waals surface area contributed by atoms with Crippen LogP contribution in [0.2, 0.25) is 0 Å². The molecule has 0 aliphatic carbocycles. The molecule has 3 amide bonds. The molecule has 7 N–H and O–H groups in total. The van der Waals surface area contributed by atoms with Crippen molar-refractivity contribution in [1.29, 1.82) is 0 Å². The van der Waals surface area contributed by atoms with Crippen LogP contribution in [0.3, 0.4) is 0 Å². The molecule has 0 saturated carbocycles. The molecule has 1 heterocycles. The fourth-order valence-electron chi connectivity index (χ4n) is 5.39. The third-order valence-electron chi connectivity index (χ3n) is 7.99. The molecule has 0 fully saturated rings. The van der Waals surface area contributed by atoms with Gasteiger partial charge in [0.1, 0.15) is 12.1 Å².